The van der Waals surface area contributed by atoms with Crippen molar-refractivity contribution in [2.75, 3.05) is 42.9 Å². The quantitative estimate of drug-likeness (QED) is 0.606. The summed E-state index contributed by atoms with van der Waals surface area (Å²) in [5.74, 6) is 1.22. The minimum Gasteiger partial charge on any atom is -0.369 e. The van der Waals surface area contributed by atoms with Gasteiger partial charge in [0.1, 0.15) is 11.6 Å². The number of amides is 1. The van der Waals surface area contributed by atoms with E-state index in [0.717, 1.165) is 67.4 Å². The molecule has 0 saturated carbocycles. The number of hydrogen-bond acceptors (Lipinski definition) is 4. The maximum absolute atomic E-state index is 13.2. The SMILES string of the molecule is CC(C)CC(=O)Nc1ccc2c(c1)nc(CCN1CCN(c3ccc(F)cc3)CC1)n2C. The molecule has 0 aliphatic carbocycles. The lowest BCUT2D eigenvalue weighted by atomic mass is 10.1. The molecule has 32 heavy (non-hydrogen) atoms. The van der Waals surface area contributed by atoms with Gasteiger partial charge in [-0.1, -0.05) is 13.8 Å². The third-order valence-electron chi connectivity index (χ3n) is 6.07. The van der Waals surface area contributed by atoms with Gasteiger partial charge >= 0.3 is 0 Å². The van der Waals surface area contributed by atoms with Gasteiger partial charge in [0.25, 0.3) is 0 Å². The summed E-state index contributed by atoms with van der Waals surface area (Å²) in [7, 11) is 2.05. The topological polar surface area (TPSA) is 53.4 Å². The second-order valence-corrected chi connectivity index (χ2v) is 8.99. The molecule has 1 aromatic heterocycles. The van der Waals surface area contributed by atoms with E-state index < -0.39 is 0 Å². The molecule has 1 aliphatic rings. The summed E-state index contributed by atoms with van der Waals surface area (Å²) in [6.07, 6.45) is 1.39. The van der Waals surface area contributed by atoms with Gasteiger partial charge in [0, 0.05) is 64.0 Å². The standard InChI is InChI=1S/C25H32FN5O/c1-18(2)16-25(32)27-20-6-9-23-22(17-20)28-24(29(23)3)10-11-30-12-14-31(15-13-30)21-7-4-19(26)5-8-21/h4-9,17-18H,10-16H2,1-3H3,(H,27,32). The molecule has 6 nitrogen and oxygen atoms in total. The first-order valence-electron chi connectivity index (χ1n) is 11.4. The highest BCUT2D eigenvalue weighted by molar-refractivity contribution is 5.93. The van der Waals surface area contributed by atoms with Crippen molar-refractivity contribution in [2.45, 2.75) is 26.7 Å². The number of carbonyl (C=O) groups is 1. The highest BCUT2D eigenvalue weighted by Gasteiger charge is 2.18. The van der Waals surface area contributed by atoms with Gasteiger partial charge in [0.2, 0.25) is 5.91 Å². The molecule has 1 fully saturated rings. The molecule has 1 saturated heterocycles. The van der Waals surface area contributed by atoms with Gasteiger partial charge in [0.05, 0.1) is 11.0 Å². The third kappa shape index (κ3) is 5.27. The maximum atomic E-state index is 13.2. The van der Waals surface area contributed by atoms with Crippen molar-refractivity contribution in [1.29, 1.82) is 0 Å². The lowest BCUT2D eigenvalue weighted by Gasteiger charge is -2.36. The van der Waals surface area contributed by atoms with Gasteiger partial charge in [-0.05, 0) is 48.4 Å². The first-order valence-corrected chi connectivity index (χ1v) is 11.4. The molecule has 0 spiro atoms. The van der Waals surface area contributed by atoms with E-state index >= 15 is 0 Å². The van der Waals surface area contributed by atoms with Gasteiger partial charge in [-0.15, -0.1) is 0 Å². The van der Waals surface area contributed by atoms with E-state index in [9.17, 15) is 9.18 Å². The summed E-state index contributed by atoms with van der Waals surface area (Å²) < 4.78 is 15.3. The molecule has 1 aliphatic heterocycles. The van der Waals surface area contributed by atoms with Crippen molar-refractivity contribution in [3.63, 3.8) is 0 Å². The first kappa shape index (κ1) is 22.3. The number of rotatable bonds is 7. The third-order valence-corrected chi connectivity index (χ3v) is 6.07. The van der Waals surface area contributed by atoms with E-state index in [-0.39, 0.29) is 11.7 Å². The summed E-state index contributed by atoms with van der Waals surface area (Å²) in [6, 6.07) is 12.7. The Morgan fingerprint density at radius 1 is 1.09 bits per heavy atom. The maximum Gasteiger partial charge on any atom is 0.224 e. The molecule has 1 amide bonds. The summed E-state index contributed by atoms with van der Waals surface area (Å²) >= 11 is 0. The van der Waals surface area contributed by atoms with Crippen LogP contribution < -0.4 is 10.2 Å². The number of carbonyl (C=O) groups excluding carboxylic acids is 1. The Kier molecular flexibility index (Phi) is 6.74. The largest absolute Gasteiger partial charge is 0.369 e. The number of benzene rings is 2. The Bertz CT molecular complexity index is 1070. The van der Waals surface area contributed by atoms with Crippen molar-refractivity contribution in [1.82, 2.24) is 14.5 Å². The van der Waals surface area contributed by atoms with Crippen LogP contribution >= 0.6 is 0 Å². The Morgan fingerprint density at radius 2 is 1.81 bits per heavy atom. The fourth-order valence-corrected chi connectivity index (χ4v) is 4.27. The highest BCUT2D eigenvalue weighted by Crippen LogP contribution is 2.21. The van der Waals surface area contributed by atoms with Gasteiger partial charge in [0.15, 0.2) is 0 Å². The van der Waals surface area contributed by atoms with Gasteiger partial charge < -0.3 is 14.8 Å². The van der Waals surface area contributed by atoms with Crippen molar-refractivity contribution in [3.05, 3.63) is 54.1 Å². The molecular weight excluding hydrogens is 405 g/mol. The van der Waals surface area contributed by atoms with Gasteiger partial charge in [-0.3, -0.25) is 9.69 Å². The van der Waals surface area contributed by atoms with Crippen LogP contribution in [0.5, 0.6) is 0 Å². The zero-order valence-corrected chi connectivity index (χ0v) is 19.1. The molecule has 170 valence electrons. The number of hydrogen-bond donors (Lipinski definition) is 1. The second kappa shape index (κ2) is 9.69. The highest BCUT2D eigenvalue weighted by atomic mass is 19.1. The Hall–Kier alpha value is -2.93. The van der Waals surface area contributed by atoms with Crippen LogP contribution in [0.15, 0.2) is 42.5 Å². The van der Waals surface area contributed by atoms with Crippen molar-refractivity contribution >= 4 is 28.3 Å². The van der Waals surface area contributed by atoms with Crippen molar-refractivity contribution < 1.29 is 9.18 Å². The molecule has 2 aromatic carbocycles. The number of aryl methyl sites for hydroxylation is 1. The molecule has 0 atom stereocenters. The number of nitrogens with zero attached hydrogens (tertiary/aromatic N) is 4. The van der Waals surface area contributed by atoms with E-state index in [1.54, 1.807) is 0 Å². The normalized spacial score (nSPS) is 15.0. The molecule has 7 heteroatoms. The van der Waals surface area contributed by atoms with Gasteiger partial charge in [-0.25, -0.2) is 9.37 Å². The molecule has 4 rings (SSSR count). The van der Waals surface area contributed by atoms with Crippen LogP contribution in [0.2, 0.25) is 0 Å². The Balaban J connectivity index is 1.33. The van der Waals surface area contributed by atoms with E-state index in [1.165, 1.54) is 12.1 Å². The first-order chi connectivity index (χ1) is 15.4. The lowest BCUT2D eigenvalue weighted by molar-refractivity contribution is -0.116. The van der Waals surface area contributed by atoms with Crippen LogP contribution in [0.25, 0.3) is 11.0 Å². The smallest absolute Gasteiger partial charge is 0.224 e. The molecule has 0 unspecified atom stereocenters. The number of halogens is 1. The number of piperazine rings is 1. The molecule has 3 aromatic rings. The van der Waals surface area contributed by atoms with E-state index in [2.05, 4.69) is 19.7 Å². The number of anilines is 2. The van der Waals surface area contributed by atoms with Crippen molar-refractivity contribution in [3.8, 4) is 0 Å². The molecule has 0 radical (unpaired) electrons. The summed E-state index contributed by atoms with van der Waals surface area (Å²) in [6.45, 7) is 8.86. The Morgan fingerprint density at radius 3 is 2.50 bits per heavy atom. The minimum absolute atomic E-state index is 0.0373. The van der Waals surface area contributed by atoms with Crippen LogP contribution in [0, 0.1) is 11.7 Å². The fraction of sp³-hybridized carbons (Fsp3) is 0.440. The zero-order chi connectivity index (χ0) is 22.7. The van der Waals surface area contributed by atoms with E-state index in [4.69, 9.17) is 4.98 Å². The number of imidazole rings is 1. The second-order valence-electron chi connectivity index (χ2n) is 8.99. The number of fused-ring (bicyclic) bond motifs is 1. The van der Waals surface area contributed by atoms with Crippen LogP contribution in [0.1, 0.15) is 26.1 Å². The lowest BCUT2D eigenvalue weighted by Crippen LogP contribution is -2.47. The zero-order valence-electron chi connectivity index (χ0n) is 19.1. The molecule has 2 heterocycles. The van der Waals surface area contributed by atoms with Crippen LogP contribution in [0.4, 0.5) is 15.8 Å². The monoisotopic (exact) mass is 437 g/mol. The summed E-state index contributed by atoms with van der Waals surface area (Å²) in [4.78, 5) is 21.7. The number of aromatic nitrogens is 2. The van der Waals surface area contributed by atoms with E-state index in [1.807, 2.05) is 51.2 Å². The molecular formula is C25H32FN5O. The number of nitrogens with one attached hydrogen (secondary N) is 1. The van der Waals surface area contributed by atoms with Crippen LogP contribution in [0.3, 0.4) is 0 Å². The predicted octanol–water partition coefficient (Wildman–Crippen LogP) is 4.06. The minimum atomic E-state index is -0.195. The predicted molar refractivity (Wildman–Crippen MR) is 128 cm³/mol. The molecule has 0 bridgehead atoms. The average Bonchev–Trinajstić information content (AvgIpc) is 3.07. The summed E-state index contributed by atoms with van der Waals surface area (Å²) in [5, 5.41) is 2.98. The van der Waals surface area contributed by atoms with E-state index in [0.29, 0.717) is 12.3 Å². The van der Waals surface area contributed by atoms with Crippen molar-refractivity contribution in [2.24, 2.45) is 13.0 Å². The Labute approximate surface area is 189 Å². The van der Waals surface area contributed by atoms with Crippen LogP contribution in [-0.4, -0.2) is 53.1 Å². The fourth-order valence-electron chi connectivity index (χ4n) is 4.27. The summed E-state index contributed by atoms with van der Waals surface area (Å²) in [5.41, 5.74) is 3.86. The van der Waals surface area contributed by atoms with Gasteiger partial charge in [-0.2, -0.15) is 0 Å². The van der Waals surface area contributed by atoms with Crippen LogP contribution in [-0.2, 0) is 18.3 Å². The average molecular weight is 438 g/mol. The molecule has 1 N–H and O–H groups in total.